The molecule has 1 aliphatic rings. The fraction of sp³-hybridized carbons (Fsp3) is 0.412. The number of benzene rings is 1. The number of anilines is 1. The summed E-state index contributed by atoms with van der Waals surface area (Å²) in [7, 11) is 0. The average molecular weight is 333 g/mol. The SMILES string of the molecule is Cc1cc(=O)n(Cc2ccc(N3CCSCC3)c(F)c2)c(C)n1. The maximum absolute atomic E-state index is 14.5. The molecule has 6 heteroatoms. The zero-order valence-corrected chi connectivity index (χ0v) is 14.2. The highest BCUT2D eigenvalue weighted by molar-refractivity contribution is 7.99. The molecular formula is C17H20FN3OS. The van der Waals surface area contributed by atoms with E-state index in [4.69, 9.17) is 0 Å². The van der Waals surface area contributed by atoms with Crippen molar-refractivity contribution in [1.82, 2.24) is 9.55 Å². The van der Waals surface area contributed by atoms with E-state index in [9.17, 15) is 9.18 Å². The number of hydrogen-bond donors (Lipinski definition) is 0. The molecule has 0 spiro atoms. The molecule has 122 valence electrons. The molecule has 23 heavy (non-hydrogen) atoms. The molecule has 1 saturated heterocycles. The Morgan fingerprint density at radius 3 is 2.61 bits per heavy atom. The number of hydrogen-bond acceptors (Lipinski definition) is 4. The van der Waals surface area contributed by atoms with Gasteiger partial charge in [0.15, 0.2) is 0 Å². The summed E-state index contributed by atoms with van der Waals surface area (Å²) in [5.74, 6) is 2.49. The van der Waals surface area contributed by atoms with Crippen LogP contribution in [0.5, 0.6) is 0 Å². The third kappa shape index (κ3) is 3.58. The standard InChI is InChI=1S/C17H20FN3OS/c1-12-9-17(22)21(13(2)19-12)11-14-3-4-16(15(18)10-14)20-5-7-23-8-6-20/h3-4,9-10H,5-8,11H2,1-2H3. The molecule has 4 nitrogen and oxygen atoms in total. The Labute approximate surface area is 139 Å². The summed E-state index contributed by atoms with van der Waals surface area (Å²) in [6, 6.07) is 6.75. The lowest BCUT2D eigenvalue weighted by atomic mass is 10.1. The molecule has 0 N–H and O–H groups in total. The van der Waals surface area contributed by atoms with E-state index in [-0.39, 0.29) is 11.4 Å². The van der Waals surface area contributed by atoms with Crippen molar-refractivity contribution in [2.75, 3.05) is 29.5 Å². The van der Waals surface area contributed by atoms with Gasteiger partial charge in [0.05, 0.1) is 12.2 Å². The molecule has 0 radical (unpaired) electrons. The Kier molecular flexibility index (Phi) is 4.71. The van der Waals surface area contributed by atoms with Crippen molar-refractivity contribution in [1.29, 1.82) is 0 Å². The highest BCUT2D eigenvalue weighted by atomic mass is 32.2. The predicted octanol–water partition coefficient (Wildman–Crippen LogP) is 2.60. The predicted molar refractivity (Wildman–Crippen MR) is 93.0 cm³/mol. The Hall–Kier alpha value is -1.82. The van der Waals surface area contributed by atoms with Crippen molar-refractivity contribution < 1.29 is 4.39 Å². The summed E-state index contributed by atoms with van der Waals surface area (Å²) in [5.41, 5.74) is 2.02. The third-order valence-electron chi connectivity index (χ3n) is 4.03. The largest absolute Gasteiger partial charge is 0.368 e. The molecule has 0 amide bonds. The number of aromatic nitrogens is 2. The van der Waals surface area contributed by atoms with Gasteiger partial charge in [-0.3, -0.25) is 9.36 Å². The Balaban J connectivity index is 1.85. The van der Waals surface area contributed by atoms with Gasteiger partial charge in [-0.2, -0.15) is 11.8 Å². The van der Waals surface area contributed by atoms with Gasteiger partial charge >= 0.3 is 0 Å². The van der Waals surface area contributed by atoms with E-state index in [2.05, 4.69) is 9.88 Å². The summed E-state index contributed by atoms with van der Waals surface area (Å²) in [6.45, 7) is 5.68. The van der Waals surface area contributed by atoms with Gasteiger partial charge < -0.3 is 4.90 Å². The quantitative estimate of drug-likeness (QED) is 0.865. The summed E-state index contributed by atoms with van der Waals surface area (Å²) in [4.78, 5) is 18.5. The highest BCUT2D eigenvalue weighted by Gasteiger charge is 2.15. The summed E-state index contributed by atoms with van der Waals surface area (Å²) < 4.78 is 16.0. The van der Waals surface area contributed by atoms with Crippen LogP contribution in [-0.4, -0.2) is 34.1 Å². The normalized spacial score (nSPS) is 15.0. The van der Waals surface area contributed by atoms with Crippen LogP contribution >= 0.6 is 11.8 Å². The molecule has 0 aliphatic carbocycles. The molecule has 0 bridgehead atoms. The number of nitrogens with zero attached hydrogens (tertiary/aromatic N) is 3. The Morgan fingerprint density at radius 1 is 1.22 bits per heavy atom. The monoisotopic (exact) mass is 333 g/mol. The fourth-order valence-electron chi connectivity index (χ4n) is 2.85. The summed E-state index contributed by atoms with van der Waals surface area (Å²) in [5, 5.41) is 0. The van der Waals surface area contributed by atoms with E-state index < -0.39 is 0 Å². The van der Waals surface area contributed by atoms with Gasteiger partial charge in [-0.15, -0.1) is 0 Å². The van der Waals surface area contributed by atoms with Crippen molar-refractivity contribution in [3.8, 4) is 0 Å². The van der Waals surface area contributed by atoms with Crippen LogP contribution in [0.3, 0.4) is 0 Å². The minimum Gasteiger partial charge on any atom is -0.368 e. The smallest absolute Gasteiger partial charge is 0.254 e. The number of aryl methyl sites for hydroxylation is 2. The van der Waals surface area contributed by atoms with Gasteiger partial charge in [0.1, 0.15) is 11.6 Å². The number of halogens is 1. The van der Waals surface area contributed by atoms with Crippen molar-refractivity contribution in [2.24, 2.45) is 0 Å². The van der Waals surface area contributed by atoms with E-state index in [0.717, 1.165) is 30.2 Å². The van der Waals surface area contributed by atoms with Gasteiger partial charge in [-0.1, -0.05) is 6.07 Å². The zero-order chi connectivity index (χ0) is 16.4. The van der Waals surface area contributed by atoms with E-state index in [1.165, 1.54) is 12.1 Å². The van der Waals surface area contributed by atoms with Gasteiger partial charge in [-0.25, -0.2) is 9.37 Å². The molecule has 0 saturated carbocycles. The molecule has 1 aromatic heterocycles. The van der Waals surface area contributed by atoms with Crippen LogP contribution in [0.2, 0.25) is 0 Å². The summed E-state index contributed by atoms with van der Waals surface area (Å²) >= 11 is 1.90. The van der Waals surface area contributed by atoms with E-state index in [1.807, 2.05) is 23.9 Å². The van der Waals surface area contributed by atoms with E-state index in [0.29, 0.717) is 23.8 Å². The van der Waals surface area contributed by atoms with Crippen molar-refractivity contribution >= 4 is 17.4 Å². The minimum atomic E-state index is -0.222. The Morgan fingerprint density at radius 2 is 1.96 bits per heavy atom. The first-order valence-corrected chi connectivity index (χ1v) is 8.86. The average Bonchev–Trinajstić information content (AvgIpc) is 2.52. The Bertz CT molecular complexity index is 769. The zero-order valence-electron chi connectivity index (χ0n) is 13.4. The lowest BCUT2D eigenvalue weighted by Crippen LogP contribution is -2.33. The van der Waals surface area contributed by atoms with Gasteiger partial charge in [0.25, 0.3) is 5.56 Å². The molecule has 2 heterocycles. The first-order valence-electron chi connectivity index (χ1n) is 7.71. The van der Waals surface area contributed by atoms with Crippen LogP contribution in [0.25, 0.3) is 0 Å². The number of thioether (sulfide) groups is 1. The molecule has 3 rings (SSSR count). The lowest BCUT2D eigenvalue weighted by molar-refractivity contribution is 0.613. The van der Waals surface area contributed by atoms with Crippen LogP contribution in [0.1, 0.15) is 17.1 Å². The second-order valence-electron chi connectivity index (χ2n) is 5.75. The number of rotatable bonds is 3. The van der Waals surface area contributed by atoms with Gasteiger partial charge in [-0.05, 0) is 31.5 Å². The van der Waals surface area contributed by atoms with Gasteiger partial charge in [0, 0.05) is 36.4 Å². The van der Waals surface area contributed by atoms with Crippen molar-refractivity contribution in [3.05, 3.63) is 57.5 Å². The van der Waals surface area contributed by atoms with Crippen molar-refractivity contribution in [3.63, 3.8) is 0 Å². The van der Waals surface area contributed by atoms with E-state index >= 15 is 0 Å². The van der Waals surface area contributed by atoms with Crippen LogP contribution in [-0.2, 0) is 6.54 Å². The van der Waals surface area contributed by atoms with Gasteiger partial charge in [0.2, 0.25) is 0 Å². The van der Waals surface area contributed by atoms with E-state index in [1.54, 1.807) is 18.4 Å². The van der Waals surface area contributed by atoms with Crippen molar-refractivity contribution in [2.45, 2.75) is 20.4 Å². The third-order valence-corrected chi connectivity index (χ3v) is 4.97. The maximum atomic E-state index is 14.5. The molecular weight excluding hydrogens is 313 g/mol. The second kappa shape index (κ2) is 6.74. The van der Waals surface area contributed by atoms with Crippen LogP contribution in [0.4, 0.5) is 10.1 Å². The second-order valence-corrected chi connectivity index (χ2v) is 6.98. The first kappa shape index (κ1) is 16.1. The van der Waals surface area contributed by atoms with Crippen LogP contribution in [0, 0.1) is 19.7 Å². The fourth-order valence-corrected chi connectivity index (χ4v) is 3.75. The van der Waals surface area contributed by atoms with Crippen LogP contribution < -0.4 is 10.5 Å². The molecule has 1 fully saturated rings. The minimum absolute atomic E-state index is 0.104. The topological polar surface area (TPSA) is 38.1 Å². The lowest BCUT2D eigenvalue weighted by Gasteiger charge is -2.29. The summed E-state index contributed by atoms with van der Waals surface area (Å²) in [6.07, 6.45) is 0. The highest BCUT2D eigenvalue weighted by Crippen LogP contribution is 2.24. The van der Waals surface area contributed by atoms with Crippen LogP contribution in [0.15, 0.2) is 29.1 Å². The molecule has 2 aromatic rings. The maximum Gasteiger partial charge on any atom is 0.254 e. The molecule has 0 atom stereocenters. The molecule has 1 aliphatic heterocycles. The first-order chi connectivity index (χ1) is 11.0. The molecule has 1 aromatic carbocycles. The molecule has 0 unspecified atom stereocenters.